The SMILES string of the molecule is C/C=C\NC(C)C(N=C(N)CC)C1(C)C(O)C(NC(=O)C2CCCC3CCCCC32)CN1C. The maximum Gasteiger partial charge on any atom is 0.223 e. The minimum Gasteiger partial charge on any atom is -0.389 e. The predicted octanol–water partition coefficient (Wildman–Crippen LogP) is 2.79. The van der Waals surface area contributed by atoms with Crippen LogP contribution < -0.4 is 16.4 Å². The van der Waals surface area contributed by atoms with Gasteiger partial charge in [-0.1, -0.05) is 45.1 Å². The Hall–Kier alpha value is -1.60. The molecule has 0 bridgehead atoms. The molecule has 3 rings (SSSR count). The van der Waals surface area contributed by atoms with Gasteiger partial charge in [0.05, 0.1) is 29.6 Å². The van der Waals surface area contributed by atoms with Crippen LogP contribution in [0, 0.1) is 17.8 Å². The van der Waals surface area contributed by atoms with Crippen LogP contribution in [0.15, 0.2) is 17.3 Å². The van der Waals surface area contributed by atoms with Crippen molar-refractivity contribution in [1.82, 2.24) is 15.5 Å². The molecule has 1 saturated heterocycles. The van der Waals surface area contributed by atoms with Gasteiger partial charge in [-0.05, 0) is 58.7 Å². The zero-order valence-corrected chi connectivity index (χ0v) is 21.4. The number of likely N-dealkylation sites (tertiary alicyclic amines) is 1. The minimum absolute atomic E-state index is 0.0378. The summed E-state index contributed by atoms with van der Waals surface area (Å²) in [6.45, 7) is 8.67. The van der Waals surface area contributed by atoms with Crippen LogP contribution in [0.3, 0.4) is 0 Å². The molecular formula is C26H47N5O2. The van der Waals surface area contributed by atoms with E-state index in [9.17, 15) is 9.90 Å². The molecule has 8 unspecified atom stereocenters. The van der Waals surface area contributed by atoms with Crippen LogP contribution in [0.5, 0.6) is 0 Å². The largest absolute Gasteiger partial charge is 0.389 e. The van der Waals surface area contributed by atoms with Gasteiger partial charge < -0.3 is 21.5 Å². The van der Waals surface area contributed by atoms with E-state index in [1.165, 1.54) is 32.1 Å². The van der Waals surface area contributed by atoms with E-state index in [4.69, 9.17) is 10.7 Å². The summed E-state index contributed by atoms with van der Waals surface area (Å²) in [5.41, 5.74) is 5.51. The third kappa shape index (κ3) is 5.40. The lowest BCUT2D eigenvalue weighted by Crippen LogP contribution is -2.62. The van der Waals surface area contributed by atoms with Gasteiger partial charge in [0.2, 0.25) is 5.91 Å². The Bertz CT molecular complexity index is 723. The number of fused-ring (bicyclic) bond motifs is 1. The van der Waals surface area contributed by atoms with E-state index in [0.717, 1.165) is 12.8 Å². The summed E-state index contributed by atoms with van der Waals surface area (Å²) in [5, 5.41) is 18.2. The highest BCUT2D eigenvalue weighted by atomic mass is 16.3. The van der Waals surface area contributed by atoms with E-state index in [-0.39, 0.29) is 30.0 Å². The first-order chi connectivity index (χ1) is 15.7. The fourth-order valence-electron chi connectivity index (χ4n) is 6.66. The zero-order chi connectivity index (χ0) is 24.2. The fraction of sp³-hybridized carbons (Fsp3) is 0.846. The molecule has 2 saturated carbocycles. The lowest BCUT2D eigenvalue weighted by Gasteiger charge is -2.43. The Labute approximate surface area is 200 Å². The molecule has 5 N–H and O–H groups in total. The summed E-state index contributed by atoms with van der Waals surface area (Å²) in [4.78, 5) is 20.4. The number of amides is 1. The molecule has 1 amide bonds. The summed E-state index contributed by atoms with van der Waals surface area (Å²) in [5.74, 6) is 2.03. The number of rotatable bonds is 8. The summed E-state index contributed by atoms with van der Waals surface area (Å²) < 4.78 is 0. The van der Waals surface area contributed by atoms with Crippen LogP contribution in [-0.2, 0) is 4.79 Å². The number of hydrogen-bond donors (Lipinski definition) is 4. The van der Waals surface area contributed by atoms with Gasteiger partial charge >= 0.3 is 0 Å². The quantitative estimate of drug-likeness (QED) is 0.329. The lowest BCUT2D eigenvalue weighted by atomic mass is 9.65. The number of nitrogens with one attached hydrogen (secondary N) is 2. The monoisotopic (exact) mass is 461 g/mol. The number of allylic oxidation sites excluding steroid dienone is 1. The Morgan fingerprint density at radius 1 is 1.27 bits per heavy atom. The number of likely N-dealkylation sites (N-methyl/N-ethyl adjacent to an activating group) is 1. The first kappa shape index (κ1) is 26.0. The van der Waals surface area contributed by atoms with Gasteiger partial charge in [0.1, 0.15) is 0 Å². The second kappa shape index (κ2) is 11.2. The van der Waals surface area contributed by atoms with E-state index in [2.05, 4.69) is 22.5 Å². The van der Waals surface area contributed by atoms with Gasteiger partial charge in [0.25, 0.3) is 0 Å². The molecule has 0 aromatic carbocycles. The molecule has 0 aromatic rings. The third-order valence-electron chi connectivity index (χ3n) is 8.78. The highest BCUT2D eigenvalue weighted by Gasteiger charge is 2.55. The van der Waals surface area contributed by atoms with Crippen LogP contribution in [0.2, 0.25) is 0 Å². The number of nitrogens with zero attached hydrogens (tertiary/aromatic N) is 2. The van der Waals surface area contributed by atoms with Crippen LogP contribution in [0.1, 0.15) is 79.1 Å². The number of carbonyl (C=O) groups is 1. The van der Waals surface area contributed by atoms with Gasteiger partial charge in [-0.25, -0.2) is 0 Å². The van der Waals surface area contributed by atoms with Crippen molar-refractivity contribution in [2.75, 3.05) is 13.6 Å². The van der Waals surface area contributed by atoms with E-state index in [1.54, 1.807) is 0 Å². The Kier molecular flexibility index (Phi) is 8.84. The summed E-state index contributed by atoms with van der Waals surface area (Å²) >= 11 is 0. The summed E-state index contributed by atoms with van der Waals surface area (Å²) in [6, 6.07) is -0.622. The van der Waals surface area contributed by atoms with Crippen LogP contribution in [0.4, 0.5) is 0 Å². The number of carbonyl (C=O) groups excluding carboxylic acids is 1. The number of aliphatic imine (C=N–C) groups is 1. The average molecular weight is 462 g/mol. The molecule has 1 aliphatic heterocycles. The molecule has 188 valence electrons. The van der Waals surface area contributed by atoms with Gasteiger partial charge in [0, 0.05) is 24.9 Å². The number of nitrogens with two attached hydrogens (primary N) is 1. The molecular weight excluding hydrogens is 414 g/mol. The Morgan fingerprint density at radius 3 is 2.67 bits per heavy atom. The van der Waals surface area contributed by atoms with Gasteiger partial charge in [-0.2, -0.15) is 0 Å². The molecule has 0 aromatic heterocycles. The fourth-order valence-corrected chi connectivity index (χ4v) is 6.66. The van der Waals surface area contributed by atoms with Crippen molar-refractivity contribution in [3.05, 3.63) is 12.3 Å². The average Bonchev–Trinajstić information content (AvgIpc) is 3.03. The molecule has 3 fully saturated rings. The maximum atomic E-state index is 13.4. The number of hydrogen-bond acceptors (Lipinski definition) is 5. The second-order valence-electron chi connectivity index (χ2n) is 10.8. The lowest BCUT2D eigenvalue weighted by molar-refractivity contribution is -0.131. The highest BCUT2D eigenvalue weighted by Crippen LogP contribution is 2.44. The van der Waals surface area contributed by atoms with Crippen LogP contribution in [-0.4, -0.2) is 65.1 Å². The van der Waals surface area contributed by atoms with Crippen molar-refractivity contribution in [1.29, 1.82) is 0 Å². The van der Waals surface area contributed by atoms with Crippen molar-refractivity contribution >= 4 is 11.7 Å². The molecule has 3 aliphatic rings. The van der Waals surface area contributed by atoms with Crippen LogP contribution >= 0.6 is 0 Å². The minimum atomic E-state index is -0.745. The molecule has 7 heteroatoms. The maximum absolute atomic E-state index is 13.4. The van der Waals surface area contributed by atoms with E-state index in [0.29, 0.717) is 30.6 Å². The molecule has 33 heavy (non-hydrogen) atoms. The van der Waals surface area contributed by atoms with E-state index in [1.807, 2.05) is 40.1 Å². The van der Waals surface area contributed by atoms with Crippen molar-refractivity contribution in [2.24, 2.45) is 28.5 Å². The second-order valence-corrected chi connectivity index (χ2v) is 10.8. The standard InChI is InChI=1S/C26H47N5O2/c1-6-15-28-17(3)23(30-22(27)7-2)26(4)24(32)21(16-31(26)5)29-25(33)20-14-10-12-18-11-8-9-13-19(18)20/h6,15,17-21,23-24,28,32H,7-14,16H2,1-5H3,(H2,27,30)(H,29,33)/b15-6-. The molecule has 0 radical (unpaired) electrons. The number of amidine groups is 1. The zero-order valence-electron chi connectivity index (χ0n) is 21.4. The smallest absolute Gasteiger partial charge is 0.223 e. The summed E-state index contributed by atoms with van der Waals surface area (Å²) in [6.07, 6.45) is 12.2. The van der Waals surface area contributed by atoms with Gasteiger partial charge in [0.15, 0.2) is 0 Å². The van der Waals surface area contributed by atoms with Crippen molar-refractivity contribution in [3.63, 3.8) is 0 Å². The van der Waals surface area contributed by atoms with Crippen LogP contribution in [0.25, 0.3) is 0 Å². The number of aliphatic hydroxyl groups excluding tert-OH is 1. The first-order valence-corrected chi connectivity index (χ1v) is 13.1. The third-order valence-corrected chi connectivity index (χ3v) is 8.78. The molecule has 2 aliphatic carbocycles. The molecule has 0 spiro atoms. The number of aliphatic hydroxyl groups is 1. The molecule has 8 atom stereocenters. The Balaban J connectivity index is 1.77. The highest BCUT2D eigenvalue weighted by molar-refractivity contribution is 5.80. The van der Waals surface area contributed by atoms with E-state index >= 15 is 0 Å². The molecule has 1 heterocycles. The first-order valence-electron chi connectivity index (χ1n) is 13.1. The predicted molar refractivity (Wildman–Crippen MR) is 135 cm³/mol. The Morgan fingerprint density at radius 2 is 1.97 bits per heavy atom. The van der Waals surface area contributed by atoms with Crippen molar-refractivity contribution in [2.45, 2.75) is 109 Å². The van der Waals surface area contributed by atoms with Gasteiger partial charge in [-0.3, -0.25) is 14.7 Å². The topological polar surface area (TPSA) is 103 Å². The normalized spacial score (nSPS) is 37.5. The summed E-state index contributed by atoms with van der Waals surface area (Å²) in [7, 11) is 2.01. The van der Waals surface area contributed by atoms with E-state index < -0.39 is 11.6 Å². The van der Waals surface area contributed by atoms with Crippen molar-refractivity contribution in [3.8, 4) is 0 Å². The van der Waals surface area contributed by atoms with Crippen molar-refractivity contribution < 1.29 is 9.90 Å². The van der Waals surface area contributed by atoms with Gasteiger partial charge in [-0.15, -0.1) is 0 Å². The molecule has 7 nitrogen and oxygen atoms in total.